The van der Waals surface area contributed by atoms with Crippen LogP contribution in [0, 0.1) is 6.92 Å². The second-order valence-electron chi connectivity index (χ2n) is 6.29. The summed E-state index contributed by atoms with van der Waals surface area (Å²) in [5.74, 6) is 2.50. The molecule has 2 aromatic heterocycles. The Labute approximate surface area is 148 Å². The second-order valence-corrected chi connectivity index (χ2v) is 7.75. The molecule has 1 fully saturated rings. The Morgan fingerprint density at radius 3 is 2.79 bits per heavy atom. The predicted octanol–water partition coefficient (Wildman–Crippen LogP) is 4.52. The minimum Gasteiger partial charge on any atom is -0.276 e. The first kappa shape index (κ1) is 14.4. The van der Waals surface area contributed by atoms with Crippen LogP contribution in [0.5, 0.6) is 0 Å². The van der Waals surface area contributed by atoms with Crippen molar-refractivity contribution in [3.8, 4) is 5.00 Å². The minimum atomic E-state index is 0.515. The molecule has 1 aromatic carbocycles. The lowest BCUT2D eigenvalue weighted by Crippen LogP contribution is -2.05. The highest BCUT2D eigenvalue weighted by Gasteiger charge is 2.31. The molecule has 0 saturated heterocycles. The monoisotopic (exact) mass is 354 g/mol. The number of fused-ring (bicyclic) bond motifs is 3. The molecule has 24 heavy (non-hydrogen) atoms. The second kappa shape index (κ2) is 5.26. The number of benzene rings is 1. The summed E-state index contributed by atoms with van der Waals surface area (Å²) in [7, 11) is 0. The molecule has 0 unspecified atom stereocenters. The number of thiophene rings is 1. The van der Waals surface area contributed by atoms with E-state index in [-0.39, 0.29) is 0 Å². The number of nitrogens with zero attached hydrogens (tertiary/aromatic N) is 4. The van der Waals surface area contributed by atoms with E-state index in [9.17, 15) is 0 Å². The van der Waals surface area contributed by atoms with E-state index in [4.69, 9.17) is 16.6 Å². The summed E-state index contributed by atoms with van der Waals surface area (Å²) in [6.45, 7) is 2.51. The molecule has 1 saturated carbocycles. The van der Waals surface area contributed by atoms with Gasteiger partial charge in [-0.05, 0) is 37.8 Å². The van der Waals surface area contributed by atoms with Gasteiger partial charge >= 0.3 is 0 Å². The molecular formula is C18H15ClN4S. The maximum Gasteiger partial charge on any atom is 0.160 e. The quantitative estimate of drug-likeness (QED) is 0.679. The molecule has 0 atom stereocenters. The summed E-state index contributed by atoms with van der Waals surface area (Å²) in [5.41, 5.74) is 3.09. The van der Waals surface area contributed by atoms with Crippen molar-refractivity contribution in [3.05, 3.63) is 63.0 Å². The van der Waals surface area contributed by atoms with Crippen LogP contribution in [0.25, 0.3) is 5.00 Å². The van der Waals surface area contributed by atoms with Crippen molar-refractivity contribution in [3.63, 3.8) is 0 Å². The lowest BCUT2D eigenvalue weighted by molar-refractivity contribution is 0.869. The molecule has 0 radical (unpaired) electrons. The average Bonchev–Trinajstić information content (AvgIpc) is 3.28. The van der Waals surface area contributed by atoms with Crippen LogP contribution >= 0.6 is 22.9 Å². The van der Waals surface area contributed by atoms with E-state index in [1.807, 2.05) is 42.5 Å². The highest BCUT2D eigenvalue weighted by atomic mass is 35.5. The molecule has 2 aliphatic rings. The zero-order valence-corrected chi connectivity index (χ0v) is 14.7. The van der Waals surface area contributed by atoms with E-state index in [0.29, 0.717) is 12.5 Å². The van der Waals surface area contributed by atoms with Crippen LogP contribution in [0.3, 0.4) is 0 Å². The Kier molecular flexibility index (Phi) is 3.15. The summed E-state index contributed by atoms with van der Waals surface area (Å²) in [6, 6.07) is 10.2. The number of rotatable bonds is 2. The van der Waals surface area contributed by atoms with Crippen molar-refractivity contribution in [2.45, 2.75) is 32.2 Å². The van der Waals surface area contributed by atoms with Crippen LogP contribution in [0.1, 0.15) is 46.4 Å². The van der Waals surface area contributed by atoms with E-state index in [1.54, 1.807) is 0 Å². The average molecular weight is 355 g/mol. The highest BCUT2D eigenvalue weighted by Crippen LogP contribution is 2.46. The first-order chi connectivity index (χ1) is 11.7. The van der Waals surface area contributed by atoms with Gasteiger partial charge in [0.05, 0.1) is 5.71 Å². The molecule has 5 rings (SSSR count). The fraction of sp³-hybridized carbons (Fsp3) is 0.278. The molecule has 1 aliphatic heterocycles. The predicted molar refractivity (Wildman–Crippen MR) is 96.7 cm³/mol. The Hall–Kier alpha value is -1.98. The fourth-order valence-corrected chi connectivity index (χ4v) is 4.82. The first-order valence-electron chi connectivity index (χ1n) is 8.07. The molecule has 3 aromatic rings. The maximum atomic E-state index is 6.46. The van der Waals surface area contributed by atoms with Crippen LogP contribution < -0.4 is 0 Å². The van der Waals surface area contributed by atoms with Gasteiger partial charge < -0.3 is 0 Å². The van der Waals surface area contributed by atoms with Gasteiger partial charge in [0.15, 0.2) is 5.82 Å². The van der Waals surface area contributed by atoms with Crippen molar-refractivity contribution >= 4 is 28.6 Å². The highest BCUT2D eigenvalue weighted by molar-refractivity contribution is 7.15. The third kappa shape index (κ3) is 2.15. The summed E-state index contributed by atoms with van der Waals surface area (Å²) in [4.78, 5) is 6.29. The molecule has 120 valence electrons. The van der Waals surface area contributed by atoms with Gasteiger partial charge in [-0.2, -0.15) is 0 Å². The number of hydrogen-bond acceptors (Lipinski definition) is 4. The van der Waals surface area contributed by atoms with E-state index >= 15 is 0 Å². The lowest BCUT2D eigenvalue weighted by atomic mass is 10.0. The topological polar surface area (TPSA) is 43.1 Å². The Balaban J connectivity index is 1.77. The SMILES string of the molecule is Cc1nnc2n1-c1sc(C3CC3)cc1C(c1ccccc1Cl)=NC2. The zero-order valence-electron chi connectivity index (χ0n) is 13.2. The van der Waals surface area contributed by atoms with Crippen molar-refractivity contribution in [2.75, 3.05) is 0 Å². The van der Waals surface area contributed by atoms with Gasteiger partial charge in [0.25, 0.3) is 0 Å². The lowest BCUT2D eigenvalue weighted by Gasteiger charge is -2.08. The third-order valence-electron chi connectivity index (χ3n) is 4.57. The van der Waals surface area contributed by atoms with Crippen LogP contribution in [0.4, 0.5) is 0 Å². The zero-order chi connectivity index (χ0) is 16.3. The van der Waals surface area contributed by atoms with Crippen molar-refractivity contribution in [1.29, 1.82) is 0 Å². The Bertz CT molecular complexity index is 981. The molecule has 6 heteroatoms. The number of aryl methyl sites for hydroxylation is 1. The largest absolute Gasteiger partial charge is 0.276 e. The van der Waals surface area contributed by atoms with Gasteiger partial charge in [0, 0.05) is 21.0 Å². The molecule has 0 bridgehead atoms. The van der Waals surface area contributed by atoms with Crippen LogP contribution in [-0.2, 0) is 6.54 Å². The standard InChI is InChI=1S/C18H15ClN4S/c1-10-21-22-16-9-20-17(12-4-2-3-5-14(12)19)13-8-15(11-6-7-11)24-18(13)23(10)16/h2-5,8,11H,6-7,9H2,1H3. The smallest absolute Gasteiger partial charge is 0.160 e. The number of aromatic nitrogens is 3. The van der Waals surface area contributed by atoms with Crippen LogP contribution in [0.2, 0.25) is 5.02 Å². The molecule has 3 heterocycles. The number of halogens is 1. The molecule has 0 spiro atoms. The van der Waals surface area contributed by atoms with Crippen LogP contribution in [0.15, 0.2) is 35.3 Å². The molecule has 0 N–H and O–H groups in total. The van der Waals surface area contributed by atoms with Crippen molar-refractivity contribution in [2.24, 2.45) is 4.99 Å². The molecule has 4 nitrogen and oxygen atoms in total. The first-order valence-corrected chi connectivity index (χ1v) is 9.26. The van der Waals surface area contributed by atoms with Gasteiger partial charge in [-0.25, -0.2) is 0 Å². The van der Waals surface area contributed by atoms with E-state index in [0.717, 1.165) is 33.5 Å². The number of aliphatic imine (C=N–C) groups is 1. The van der Waals surface area contributed by atoms with E-state index in [1.165, 1.54) is 22.7 Å². The Morgan fingerprint density at radius 1 is 1.17 bits per heavy atom. The van der Waals surface area contributed by atoms with E-state index in [2.05, 4.69) is 20.8 Å². The fourth-order valence-electron chi connectivity index (χ4n) is 3.20. The molecule has 0 amide bonds. The molecule has 1 aliphatic carbocycles. The van der Waals surface area contributed by atoms with Gasteiger partial charge in [0.2, 0.25) is 0 Å². The van der Waals surface area contributed by atoms with Gasteiger partial charge in [0.1, 0.15) is 17.4 Å². The summed E-state index contributed by atoms with van der Waals surface area (Å²) >= 11 is 8.31. The maximum absolute atomic E-state index is 6.46. The summed E-state index contributed by atoms with van der Waals surface area (Å²) < 4.78 is 2.15. The molecular weight excluding hydrogens is 340 g/mol. The van der Waals surface area contributed by atoms with Crippen molar-refractivity contribution < 1.29 is 0 Å². The Morgan fingerprint density at radius 2 is 2.00 bits per heavy atom. The minimum absolute atomic E-state index is 0.515. The summed E-state index contributed by atoms with van der Waals surface area (Å²) in [6.07, 6.45) is 2.57. The third-order valence-corrected chi connectivity index (χ3v) is 6.18. The van der Waals surface area contributed by atoms with E-state index < -0.39 is 0 Å². The normalized spacial score (nSPS) is 16.3. The number of hydrogen-bond donors (Lipinski definition) is 0. The summed E-state index contributed by atoms with van der Waals surface area (Å²) in [5, 5.41) is 10.5. The van der Waals surface area contributed by atoms with Crippen LogP contribution in [-0.4, -0.2) is 20.5 Å². The van der Waals surface area contributed by atoms with Gasteiger partial charge in [-0.15, -0.1) is 21.5 Å². The van der Waals surface area contributed by atoms with Crippen molar-refractivity contribution in [1.82, 2.24) is 14.8 Å². The van der Waals surface area contributed by atoms with Gasteiger partial charge in [-0.1, -0.05) is 29.8 Å². The van der Waals surface area contributed by atoms with Gasteiger partial charge in [-0.3, -0.25) is 9.56 Å².